The van der Waals surface area contributed by atoms with E-state index in [1.54, 1.807) is 6.07 Å². The van der Waals surface area contributed by atoms with Crippen molar-refractivity contribution in [3.8, 4) is 11.4 Å². The Bertz CT molecular complexity index is 1020. The lowest BCUT2D eigenvalue weighted by atomic mass is 10.1. The summed E-state index contributed by atoms with van der Waals surface area (Å²) in [7, 11) is -2.34. The Morgan fingerprint density at radius 1 is 1.15 bits per heavy atom. The molecule has 0 amide bonds. The molecule has 1 heterocycles. The van der Waals surface area contributed by atoms with E-state index in [-0.39, 0.29) is 18.0 Å². The fourth-order valence-electron chi connectivity index (χ4n) is 2.43. The van der Waals surface area contributed by atoms with Crippen LogP contribution in [0.25, 0.3) is 11.4 Å². The quantitative estimate of drug-likeness (QED) is 0.661. The second-order valence-corrected chi connectivity index (χ2v) is 8.06. The van der Waals surface area contributed by atoms with Crippen molar-refractivity contribution >= 4 is 10.0 Å². The van der Waals surface area contributed by atoms with Gasteiger partial charge in [-0.05, 0) is 19.1 Å². The van der Waals surface area contributed by atoms with E-state index in [1.807, 2.05) is 31.2 Å². The molecule has 8 heteroatoms. The molecule has 26 heavy (non-hydrogen) atoms. The van der Waals surface area contributed by atoms with Crippen molar-refractivity contribution in [1.29, 1.82) is 0 Å². The van der Waals surface area contributed by atoms with Gasteiger partial charge in [0.1, 0.15) is 5.82 Å². The van der Waals surface area contributed by atoms with E-state index in [0.717, 1.165) is 15.4 Å². The number of halogens is 1. The lowest BCUT2D eigenvalue weighted by Crippen LogP contribution is -2.28. The molecule has 0 N–H and O–H groups in total. The summed E-state index contributed by atoms with van der Waals surface area (Å²) in [6, 6.07) is 13.4. The fraction of sp³-hybridized carbons (Fsp3) is 0.222. The van der Waals surface area contributed by atoms with E-state index < -0.39 is 21.6 Å². The number of rotatable bonds is 6. The molecule has 0 bridgehead atoms. The van der Waals surface area contributed by atoms with Gasteiger partial charge in [-0.2, -0.15) is 9.29 Å². The molecule has 0 aliphatic heterocycles. The number of hydrogen-bond donors (Lipinski definition) is 0. The zero-order chi connectivity index (χ0) is 18.7. The largest absolute Gasteiger partial charge is 0.338 e. The number of aryl methyl sites for hydroxylation is 1. The van der Waals surface area contributed by atoms with Crippen LogP contribution in [0.5, 0.6) is 0 Å². The third-order valence-electron chi connectivity index (χ3n) is 3.87. The van der Waals surface area contributed by atoms with Crippen molar-refractivity contribution in [3.63, 3.8) is 0 Å². The lowest BCUT2D eigenvalue weighted by Gasteiger charge is -2.15. The summed E-state index contributed by atoms with van der Waals surface area (Å²) in [6.07, 6.45) is 0. The van der Waals surface area contributed by atoms with Crippen molar-refractivity contribution in [2.75, 3.05) is 7.05 Å². The first-order chi connectivity index (χ1) is 12.3. The summed E-state index contributed by atoms with van der Waals surface area (Å²) in [5, 5.41) is 3.89. The van der Waals surface area contributed by atoms with E-state index >= 15 is 0 Å². The van der Waals surface area contributed by atoms with Crippen LogP contribution in [0.1, 0.15) is 17.0 Å². The van der Waals surface area contributed by atoms with Gasteiger partial charge >= 0.3 is 0 Å². The standard InChI is InChI=1S/C18H18FN3O3S/c1-13-6-5-8-14(10-13)18-20-17(25-21-18)11-22(2)26(23,24)12-15-7-3-4-9-16(15)19/h3-10H,11-12H2,1-2H3. The fourth-order valence-corrected chi connectivity index (χ4v) is 3.59. The monoisotopic (exact) mass is 375 g/mol. The minimum atomic E-state index is -3.73. The van der Waals surface area contributed by atoms with Crippen LogP contribution in [0.4, 0.5) is 4.39 Å². The molecular formula is C18H18FN3O3S. The Labute approximate surface area is 151 Å². The third kappa shape index (κ3) is 4.14. The molecule has 0 atom stereocenters. The van der Waals surface area contributed by atoms with Crippen molar-refractivity contribution in [3.05, 3.63) is 71.4 Å². The zero-order valence-electron chi connectivity index (χ0n) is 14.4. The van der Waals surface area contributed by atoms with Gasteiger partial charge in [-0.25, -0.2) is 12.8 Å². The second kappa shape index (κ2) is 7.35. The van der Waals surface area contributed by atoms with Crippen LogP contribution in [0.15, 0.2) is 53.1 Å². The Hall–Kier alpha value is -2.58. The molecule has 0 saturated carbocycles. The van der Waals surface area contributed by atoms with Crippen LogP contribution in [0.2, 0.25) is 0 Å². The Kier molecular flexibility index (Phi) is 5.15. The summed E-state index contributed by atoms with van der Waals surface area (Å²) in [5.41, 5.74) is 1.96. The van der Waals surface area contributed by atoms with Crippen LogP contribution in [-0.4, -0.2) is 29.9 Å². The van der Waals surface area contributed by atoms with E-state index in [0.29, 0.717) is 5.82 Å². The molecule has 0 saturated heterocycles. The highest BCUT2D eigenvalue weighted by Crippen LogP contribution is 2.19. The van der Waals surface area contributed by atoms with Gasteiger partial charge in [0.2, 0.25) is 21.7 Å². The first-order valence-corrected chi connectivity index (χ1v) is 9.53. The summed E-state index contributed by atoms with van der Waals surface area (Å²) in [4.78, 5) is 4.24. The smallest absolute Gasteiger partial charge is 0.242 e. The molecule has 0 aliphatic rings. The van der Waals surface area contributed by atoms with E-state index in [2.05, 4.69) is 10.1 Å². The predicted octanol–water partition coefficient (Wildman–Crippen LogP) is 3.15. The van der Waals surface area contributed by atoms with Crippen molar-refractivity contribution in [1.82, 2.24) is 14.4 Å². The van der Waals surface area contributed by atoms with Gasteiger partial charge < -0.3 is 4.52 Å². The first kappa shape index (κ1) is 18.2. The highest BCUT2D eigenvalue weighted by Gasteiger charge is 2.23. The molecule has 3 aromatic rings. The van der Waals surface area contributed by atoms with E-state index in [9.17, 15) is 12.8 Å². The molecule has 3 rings (SSSR count). The maximum Gasteiger partial charge on any atom is 0.242 e. The predicted molar refractivity (Wildman–Crippen MR) is 95.0 cm³/mol. The van der Waals surface area contributed by atoms with Crippen LogP contribution in [0, 0.1) is 12.7 Å². The maximum absolute atomic E-state index is 13.7. The minimum Gasteiger partial charge on any atom is -0.338 e. The van der Waals surface area contributed by atoms with Gasteiger partial charge in [-0.3, -0.25) is 0 Å². The topological polar surface area (TPSA) is 76.3 Å². The van der Waals surface area contributed by atoms with Crippen molar-refractivity contribution < 1.29 is 17.3 Å². The van der Waals surface area contributed by atoms with Crippen molar-refractivity contribution in [2.45, 2.75) is 19.2 Å². The number of benzene rings is 2. The molecule has 0 fully saturated rings. The van der Waals surface area contributed by atoms with E-state index in [4.69, 9.17) is 4.52 Å². The lowest BCUT2D eigenvalue weighted by molar-refractivity contribution is 0.336. The Morgan fingerprint density at radius 3 is 2.65 bits per heavy atom. The number of sulfonamides is 1. The summed E-state index contributed by atoms with van der Waals surface area (Å²) in [5.74, 6) is -0.427. The highest BCUT2D eigenvalue weighted by molar-refractivity contribution is 7.88. The molecule has 0 spiro atoms. The van der Waals surface area contributed by atoms with Gasteiger partial charge in [0.25, 0.3) is 0 Å². The third-order valence-corrected chi connectivity index (χ3v) is 5.63. The summed E-state index contributed by atoms with van der Waals surface area (Å²) in [6.45, 7) is 1.86. The van der Waals surface area contributed by atoms with E-state index in [1.165, 1.54) is 25.2 Å². The summed E-state index contributed by atoms with van der Waals surface area (Å²) >= 11 is 0. The van der Waals surface area contributed by atoms with Gasteiger partial charge in [0, 0.05) is 18.2 Å². The van der Waals surface area contributed by atoms with Crippen LogP contribution in [-0.2, 0) is 22.3 Å². The number of aromatic nitrogens is 2. The second-order valence-electron chi connectivity index (χ2n) is 5.98. The Morgan fingerprint density at radius 2 is 1.92 bits per heavy atom. The molecule has 136 valence electrons. The highest BCUT2D eigenvalue weighted by atomic mass is 32.2. The first-order valence-electron chi connectivity index (χ1n) is 7.92. The molecule has 0 unspecified atom stereocenters. The minimum absolute atomic E-state index is 0.0877. The zero-order valence-corrected chi connectivity index (χ0v) is 15.2. The molecular weight excluding hydrogens is 357 g/mol. The Balaban J connectivity index is 1.73. The maximum atomic E-state index is 13.7. The normalized spacial score (nSPS) is 11.8. The molecule has 6 nitrogen and oxygen atoms in total. The molecule has 0 aliphatic carbocycles. The van der Waals surface area contributed by atoms with Crippen molar-refractivity contribution in [2.24, 2.45) is 0 Å². The number of nitrogens with zero attached hydrogens (tertiary/aromatic N) is 3. The SMILES string of the molecule is Cc1cccc(-c2noc(CN(C)S(=O)(=O)Cc3ccccc3F)n2)c1. The number of hydrogen-bond acceptors (Lipinski definition) is 5. The van der Waals surface area contributed by atoms with Crippen LogP contribution < -0.4 is 0 Å². The van der Waals surface area contributed by atoms with Gasteiger partial charge in [0.15, 0.2) is 0 Å². The van der Waals surface area contributed by atoms with Gasteiger partial charge in [0.05, 0.1) is 12.3 Å². The van der Waals surface area contributed by atoms with Crippen LogP contribution in [0.3, 0.4) is 0 Å². The molecule has 1 aromatic heterocycles. The average Bonchev–Trinajstić information content (AvgIpc) is 3.05. The van der Waals surface area contributed by atoms with Gasteiger partial charge in [-0.15, -0.1) is 0 Å². The average molecular weight is 375 g/mol. The molecule has 2 aromatic carbocycles. The van der Waals surface area contributed by atoms with Gasteiger partial charge in [-0.1, -0.05) is 47.1 Å². The molecule has 0 radical (unpaired) electrons. The van der Waals surface area contributed by atoms with Crippen LogP contribution >= 0.6 is 0 Å². The summed E-state index contributed by atoms with van der Waals surface area (Å²) < 4.78 is 44.8.